The maximum atomic E-state index is 5.51. The molecule has 0 saturated heterocycles. The quantitative estimate of drug-likeness (QED) is 0.738. The number of furan rings is 1. The predicted molar refractivity (Wildman–Crippen MR) is 54.9 cm³/mol. The van der Waals surface area contributed by atoms with Crippen LogP contribution in [0.2, 0.25) is 0 Å². The lowest BCUT2D eigenvalue weighted by molar-refractivity contribution is 0.501. The molecule has 0 spiro atoms. The van der Waals surface area contributed by atoms with Crippen molar-refractivity contribution in [3.63, 3.8) is 0 Å². The lowest BCUT2D eigenvalue weighted by Crippen LogP contribution is -2.18. The van der Waals surface area contributed by atoms with Gasteiger partial charge in [-0.05, 0) is 24.6 Å². The van der Waals surface area contributed by atoms with E-state index in [0.717, 1.165) is 30.8 Å². The van der Waals surface area contributed by atoms with Gasteiger partial charge in [0, 0.05) is 25.0 Å². The van der Waals surface area contributed by atoms with Gasteiger partial charge in [-0.15, -0.1) is 0 Å². The minimum atomic E-state index is 0.838. The Labute approximate surface area is 83.6 Å². The summed E-state index contributed by atoms with van der Waals surface area (Å²) in [5.41, 5.74) is 2.74. The summed E-state index contributed by atoms with van der Waals surface area (Å²) in [6.45, 7) is 3.74. The zero-order valence-corrected chi connectivity index (χ0v) is 8.47. The number of hydrogen-bond donors (Lipinski definition) is 1. The van der Waals surface area contributed by atoms with Crippen molar-refractivity contribution in [2.24, 2.45) is 0 Å². The first-order valence-corrected chi connectivity index (χ1v) is 4.75. The summed E-state index contributed by atoms with van der Waals surface area (Å²) in [5.74, 6) is 1.01. The van der Waals surface area contributed by atoms with E-state index in [9.17, 15) is 0 Å². The van der Waals surface area contributed by atoms with Crippen LogP contribution in [0.5, 0.6) is 0 Å². The molecule has 0 aromatic carbocycles. The Kier molecular flexibility index (Phi) is 4.65. The molecule has 0 radical (unpaired) electrons. The highest BCUT2D eigenvalue weighted by molar-refractivity contribution is 6.25. The molecule has 72 valence electrons. The van der Waals surface area contributed by atoms with Crippen molar-refractivity contribution in [1.82, 2.24) is 5.32 Å². The second-order valence-electron chi connectivity index (χ2n) is 2.96. The fourth-order valence-electron chi connectivity index (χ4n) is 0.991. The largest absolute Gasteiger partial charge is 0.469 e. The summed E-state index contributed by atoms with van der Waals surface area (Å²) in [6.07, 6.45) is 2.61. The van der Waals surface area contributed by atoms with Crippen LogP contribution >= 0.6 is 11.6 Å². The van der Waals surface area contributed by atoms with Crippen LogP contribution in [0.3, 0.4) is 0 Å². The van der Waals surface area contributed by atoms with Crippen molar-refractivity contribution in [2.75, 3.05) is 13.1 Å². The molecule has 1 heterocycles. The zero-order chi connectivity index (χ0) is 9.52. The minimum Gasteiger partial charge on any atom is -0.469 e. The maximum absolute atomic E-state index is 5.51. The van der Waals surface area contributed by atoms with Gasteiger partial charge in [-0.2, -0.15) is 0 Å². The molecule has 0 amide bonds. The summed E-state index contributed by atoms with van der Waals surface area (Å²) in [7, 11) is 0. The van der Waals surface area contributed by atoms with Crippen molar-refractivity contribution in [3.05, 3.63) is 35.3 Å². The Morgan fingerprint density at radius 1 is 1.69 bits per heavy atom. The fourth-order valence-corrected chi connectivity index (χ4v) is 1.07. The standard InChI is InChI=1S/C10H14ClNO/c1-9(7-11)8-12-5-4-10-3-2-6-13-10/h2-3,6-7,12H,4-5,8H2,1H3/b9-7-. The second kappa shape index (κ2) is 5.84. The molecule has 1 aromatic heterocycles. The number of nitrogens with one attached hydrogen (secondary N) is 1. The normalized spacial score (nSPS) is 12.0. The lowest BCUT2D eigenvalue weighted by Gasteiger charge is -2.02. The highest BCUT2D eigenvalue weighted by Gasteiger charge is 1.94. The van der Waals surface area contributed by atoms with Gasteiger partial charge in [-0.1, -0.05) is 11.6 Å². The van der Waals surface area contributed by atoms with Gasteiger partial charge in [0.05, 0.1) is 6.26 Å². The molecular formula is C10H14ClNO. The molecule has 0 aliphatic heterocycles. The molecule has 1 aromatic rings. The third kappa shape index (κ3) is 4.15. The summed E-state index contributed by atoms with van der Waals surface area (Å²) >= 11 is 5.51. The number of halogens is 1. The first kappa shape index (κ1) is 10.4. The molecule has 2 nitrogen and oxygen atoms in total. The Morgan fingerprint density at radius 3 is 3.15 bits per heavy atom. The molecule has 0 atom stereocenters. The van der Waals surface area contributed by atoms with Crippen LogP contribution in [-0.2, 0) is 6.42 Å². The van der Waals surface area contributed by atoms with Gasteiger partial charge in [-0.25, -0.2) is 0 Å². The SMILES string of the molecule is C/C(=C/Cl)CNCCc1ccco1. The number of hydrogen-bond acceptors (Lipinski definition) is 2. The molecule has 0 unspecified atom stereocenters. The maximum Gasteiger partial charge on any atom is 0.105 e. The van der Waals surface area contributed by atoms with Crippen LogP contribution in [0, 0.1) is 0 Å². The zero-order valence-electron chi connectivity index (χ0n) is 7.72. The summed E-state index contributed by atoms with van der Waals surface area (Å²) in [4.78, 5) is 0. The predicted octanol–water partition coefficient (Wildman–Crippen LogP) is 2.55. The van der Waals surface area contributed by atoms with Gasteiger partial charge in [0.15, 0.2) is 0 Å². The van der Waals surface area contributed by atoms with E-state index < -0.39 is 0 Å². The molecule has 0 aliphatic rings. The molecule has 3 heteroatoms. The van der Waals surface area contributed by atoms with E-state index in [4.69, 9.17) is 16.0 Å². The van der Waals surface area contributed by atoms with E-state index in [0.29, 0.717) is 0 Å². The average Bonchev–Trinajstić information content (AvgIpc) is 2.64. The van der Waals surface area contributed by atoms with Crippen molar-refractivity contribution in [2.45, 2.75) is 13.3 Å². The fraction of sp³-hybridized carbons (Fsp3) is 0.400. The van der Waals surface area contributed by atoms with E-state index in [1.807, 2.05) is 19.1 Å². The lowest BCUT2D eigenvalue weighted by atomic mass is 10.3. The highest BCUT2D eigenvalue weighted by atomic mass is 35.5. The molecule has 1 N–H and O–H groups in total. The average molecular weight is 200 g/mol. The molecule has 0 fully saturated rings. The van der Waals surface area contributed by atoms with E-state index in [2.05, 4.69) is 5.32 Å². The molecular weight excluding hydrogens is 186 g/mol. The Bertz CT molecular complexity index is 254. The molecule has 0 bridgehead atoms. The third-order valence-corrected chi connectivity index (χ3v) is 2.09. The van der Waals surface area contributed by atoms with Gasteiger partial charge in [0.25, 0.3) is 0 Å². The van der Waals surface area contributed by atoms with E-state index in [-0.39, 0.29) is 0 Å². The third-order valence-electron chi connectivity index (χ3n) is 1.72. The second-order valence-corrected chi connectivity index (χ2v) is 3.18. The minimum absolute atomic E-state index is 0.838. The van der Waals surface area contributed by atoms with E-state index >= 15 is 0 Å². The van der Waals surface area contributed by atoms with Crippen LogP contribution in [0.25, 0.3) is 0 Å². The Hall–Kier alpha value is -0.730. The number of rotatable bonds is 5. The Morgan fingerprint density at radius 2 is 2.54 bits per heavy atom. The van der Waals surface area contributed by atoms with E-state index in [1.165, 1.54) is 0 Å². The van der Waals surface area contributed by atoms with Crippen molar-refractivity contribution in [3.8, 4) is 0 Å². The van der Waals surface area contributed by atoms with Gasteiger partial charge in [0.1, 0.15) is 5.76 Å². The molecule has 1 rings (SSSR count). The van der Waals surface area contributed by atoms with Crippen LogP contribution in [0.4, 0.5) is 0 Å². The van der Waals surface area contributed by atoms with Gasteiger partial charge in [0.2, 0.25) is 0 Å². The van der Waals surface area contributed by atoms with Crippen LogP contribution < -0.4 is 5.32 Å². The summed E-state index contributed by atoms with van der Waals surface area (Å²) in [6, 6.07) is 3.88. The summed E-state index contributed by atoms with van der Waals surface area (Å²) < 4.78 is 5.19. The molecule has 0 aliphatic carbocycles. The van der Waals surface area contributed by atoms with Crippen molar-refractivity contribution < 1.29 is 4.42 Å². The smallest absolute Gasteiger partial charge is 0.105 e. The summed E-state index contributed by atoms with van der Waals surface area (Å²) in [5, 5.41) is 3.26. The highest BCUT2D eigenvalue weighted by Crippen LogP contribution is 1.99. The first-order chi connectivity index (χ1) is 6.33. The topological polar surface area (TPSA) is 25.2 Å². The van der Waals surface area contributed by atoms with Gasteiger partial charge in [-0.3, -0.25) is 0 Å². The Balaban J connectivity index is 2.08. The van der Waals surface area contributed by atoms with Crippen molar-refractivity contribution in [1.29, 1.82) is 0 Å². The monoisotopic (exact) mass is 199 g/mol. The molecule has 13 heavy (non-hydrogen) atoms. The van der Waals surface area contributed by atoms with E-state index in [1.54, 1.807) is 11.8 Å². The van der Waals surface area contributed by atoms with Gasteiger partial charge >= 0.3 is 0 Å². The van der Waals surface area contributed by atoms with Crippen molar-refractivity contribution >= 4 is 11.6 Å². The van der Waals surface area contributed by atoms with Crippen LogP contribution in [0.15, 0.2) is 33.9 Å². The van der Waals surface area contributed by atoms with Gasteiger partial charge < -0.3 is 9.73 Å². The van der Waals surface area contributed by atoms with Crippen LogP contribution in [-0.4, -0.2) is 13.1 Å². The first-order valence-electron chi connectivity index (χ1n) is 4.32. The van der Waals surface area contributed by atoms with Crippen LogP contribution in [0.1, 0.15) is 12.7 Å². The molecule has 0 saturated carbocycles.